The fourth-order valence-corrected chi connectivity index (χ4v) is 2.79. The molecule has 0 saturated carbocycles. The minimum absolute atomic E-state index is 0.127. The first kappa shape index (κ1) is 20.2. The fourth-order valence-electron chi connectivity index (χ4n) is 1.94. The van der Waals surface area contributed by atoms with Gasteiger partial charge in [0, 0.05) is 27.2 Å². The molecule has 0 bridgehead atoms. The second-order valence-electron chi connectivity index (χ2n) is 5.16. The summed E-state index contributed by atoms with van der Waals surface area (Å²) < 4.78 is 30.2. The molecule has 0 spiro atoms. The van der Waals surface area contributed by atoms with Crippen LogP contribution in [0, 0.1) is 0 Å². The molecule has 1 aromatic carbocycles. The smallest absolute Gasteiger partial charge is 0.213 e. The lowest BCUT2D eigenvalue weighted by Crippen LogP contribution is -2.40. The summed E-state index contributed by atoms with van der Waals surface area (Å²) in [6, 6.07) is 9.62. The van der Waals surface area contributed by atoms with Gasteiger partial charge in [0.05, 0.1) is 12.3 Å². The molecule has 1 aromatic rings. The van der Waals surface area contributed by atoms with Crippen molar-refractivity contribution in [3.05, 3.63) is 30.3 Å². The summed E-state index contributed by atoms with van der Waals surface area (Å²) in [6.07, 6.45) is 0.705. The van der Waals surface area contributed by atoms with E-state index in [0.29, 0.717) is 38.6 Å². The van der Waals surface area contributed by atoms with Crippen molar-refractivity contribution in [2.45, 2.75) is 13.3 Å². The number of benzene rings is 1. The van der Waals surface area contributed by atoms with E-state index in [2.05, 4.69) is 15.6 Å². The number of hydrogen-bond acceptors (Lipinski definition) is 4. The van der Waals surface area contributed by atoms with Crippen LogP contribution in [0.2, 0.25) is 0 Å². The maximum Gasteiger partial charge on any atom is 0.213 e. The van der Waals surface area contributed by atoms with Gasteiger partial charge in [0.25, 0.3) is 0 Å². The lowest BCUT2D eigenvalue weighted by Gasteiger charge is -2.17. The number of rotatable bonds is 10. The zero-order valence-corrected chi connectivity index (χ0v) is 15.5. The number of sulfonamides is 1. The maximum atomic E-state index is 11.6. The lowest BCUT2D eigenvalue weighted by atomic mass is 10.3. The molecule has 136 valence electrons. The fraction of sp³-hybridized carbons (Fsp3) is 0.562. The molecule has 0 aliphatic rings. The van der Waals surface area contributed by atoms with Crippen LogP contribution in [0.3, 0.4) is 0 Å². The third kappa shape index (κ3) is 7.65. The number of para-hydroxylation sites is 1. The predicted molar refractivity (Wildman–Crippen MR) is 98.0 cm³/mol. The Morgan fingerprint density at radius 1 is 1.21 bits per heavy atom. The molecular formula is C16H28N4O3S. The minimum Gasteiger partial charge on any atom is -0.492 e. The molecule has 0 amide bonds. The highest BCUT2D eigenvalue weighted by atomic mass is 32.2. The number of guanidine groups is 1. The average Bonchev–Trinajstić information content (AvgIpc) is 2.60. The molecule has 2 N–H and O–H groups in total. The quantitative estimate of drug-likeness (QED) is 0.370. The summed E-state index contributed by atoms with van der Waals surface area (Å²) in [5, 5.41) is 6.31. The minimum atomic E-state index is -3.11. The number of ether oxygens (including phenoxy) is 1. The molecular weight excluding hydrogens is 328 g/mol. The van der Waals surface area contributed by atoms with E-state index in [1.165, 1.54) is 4.31 Å². The summed E-state index contributed by atoms with van der Waals surface area (Å²) in [5.41, 5.74) is 0. The Balaban J connectivity index is 2.17. The van der Waals surface area contributed by atoms with Gasteiger partial charge in [0.2, 0.25) is 10.0 Å². The summed E-state index contributed by atoms with van der Waals surface area (Å²) in [6.45, 7) is 3.92. The van der Waals surface area contributed by atoms with Crippen LogP contribution < -0.4 is 15.4 Å². The SMILES string of the molecule is CCS(=O)(=O)N(C)CCCNC(=NC)NCCOc1ccccc1. The van der Waals surface area contributed by atoms with Crippen LogP contribution >= 0.6 is 0 Å². The lowest BCUT2D eigenvalue weighted by molar-refractivity contribution is 0.322. The Hall–Kier alpha value is -1.80. The average molecular weight is 356 g/mol. The van der Waals surface area contributed by atoms with Crippen LogP contribution in [0.25, 0.3) is 0 Å². The van der Waals surface area contributed by atoms with E-state index in [1.807, 2.05) is 30.3 Å². The first-order valence-electron chi connectivity index (χ1n) is 8.06. The van der Waals surface area contributed by atoms with Crippen LogP contribution in [0.15, 0.2) is 35.3 Å². The Labute approximate surface area is 145 Å². The molecule has 0 radical (unpaired) electrons. The second-order valence-corrected chi connectivity index (χ2v) is 7.53. The van der Waals surface area contributed by atoms with E-state index in [4.69, 9.17) is 4.74 Å². The Bertz CT molecular complexity index is 591. The van der Waals surface area contributed by atoms with Crippen LogP contribution in [-0.4, -0.2) is 64.8 Å². The number of aliphatic imine (C=N–C) groups is 1. The number of nitrogens with one attached hydrogen (secondary N) is 2. The summed E-state index contributed by atoms with van der Waals surface area (Å²) in [5.74, 6) is 1.64. The van der Waals surface area contributed by atoms with Crippen molar-refractivity contribution in [2.24, 2.45) is 4.99 Å². The van der Waals surface area contributed by atoms with Gasteiger partial charge in [0.1, 0.15) is 12.4 Å². The first-order valence-corrected chi connectivity index (χ1v) is 9.67. The topological polar surface area (TPSA) is 83.0 Å². The van der Waals surface area contributed by atoms with Crippen LogP contribution in [0.1, 0.15) is 13.3 Å². The van der Waals surface area contributed by atoms with Gasteiger partial charge in [-0.15, -0.1) is 0 Å². The third-order valence-electron chi connectivity index (χ3n) is 3.41. The Kier molecular flexibility index (Phi) is 9.18. The highest BCUT2D eigenvalue weighted by molar-refractivity contribution is 7.89. The zero-order valence-electron chi connectivity index (χ0n) is 14.7. The van der Waals surface area contributed by atoms with E-state index in [0.717, 1.165) is 5.75 Å². The van der Waals surface area contributed by atoms with Gasteiger partial charge in [-0.3, -0.25) is 4.99 Å². The van der Waals surface area contributed by atoms with E-state index in [-0.39, 0.29) is 5.75 Å². The van der Waals surface area contributed by atoms with Gasteiger partial charge in [0.15, 0.2) is 5.96 Å². The van der Waals surface area contributed by atoms with Crippen molar-refractivity contribution in [1.29, 1.82) is 0 Å². The second kappa shape index (κ2) is 10.9. The molecule has 0 aliphatic heterocycles. The molecule has 8 heteroatoms. The molecule has 0 heterocycles. The largest absolute Gasteiger partial charge is 0.492 e. The predicted octanol–water partition coefficient (Wildman–Crippen LogP) is 0.902. The normalized spacial score (nSPS) is 12.2. The van der Waals surface area contributed by atoms with Crippen molar-refractivity contribution < 1.29 is 13.2 Å². The summed E-state index contributed by atoms with van der Waals surface area (Å²) >= 11 is 0. The van der Waals surface area contributed by atoms with Crippen LogP contribution in [-0.2, 0) is 10.0 Å². The van der Waals surface area contributed by atoms with Gasteiger partial charge < -0.3 is 15.4 Å². The highest BCUT2D eigenvalue weighted by Gasteiger charge is 2.13. The van der Waals surface area contributed by atoms with Crippen molar-refractivity contribution in [3.8, 4) is 5.75 Å². The molecule has 0 atom stereocenters. The summed E-state index contributed by atoms with van der Waals surface area (Å²) in [4.78, 5) is 4.12. The molecule has 0 fully saturated rings. The molecule has 7 nitrogen and oxygen atoms in total. The van der Waals surface area contributed by atoms with Crippen molar-refractivity contribution in [1.82, 2.24) is 14.9 Å². The van der Waals surface area contributed by atoms with E-state index in [9.17, 15) is 8.42 Å². The van der Waals surface area contributed by atoms with Crippen molar-refractivity contribution in [2.75, 3.05) is 46.1 Å². The van der Waals surface area contributed by atoms with Gasteiger partial charge in [-0.25, -0.2) is 12.7 Å². The molecule has 0 aliphatic carbocycles. The van der Waals surface area contributed by atoms with Gasteiger partial charge in [-0.1, -0.05) is 18.2 Å². The standard InChI is InChI=1S/C16H28N4O3S/c1-4-24(21,22)20(3)13-8-11-18-16(17-2)19-12-14-23-15-9-6-5-7-10-15/h5-7,9-10H,4,8,11-14H2,1-3H3,(H2,17,18,19). The van der Waals surface area contributed by atoms with E-state index in [1.54, 1.807) is 21.0 Å². The van der Waals surface area contributed by atoms with Crippen LogP contribution in [0.4, 0.5) is 0 Å². The zero-order chi connectivity index (χ0) is 17.8. The Morgan fingerprint density at radius 2 is 1.88 bits per heavy atom. The van der Waals surface area contributed by atoms with E-state index >= 15 is 0 Å². The summed E-state index contributed by atoms with van der Waals surface area (Å²) in [7, 11) is 0.194. The number of nitrogens with zero attached hydrogens (tertiary/aromatic N) is 2. The van der Waals surface area contributed by atoms with Crippen molar-refractivity contribution >= 4 is 16.0 Å². The highest BCUT2D eigenvalue weighted by Crippen LogP contribution is 2.07. The van der Waals surface area contributed by atoms with Gasteiger partial charge >= 0.3 is 0 Å². The number of hydrogen-bond donors (Lipinski definition) is 2. The molecule has 0 aromatic heterocycles. The molecule has 0 saturated heterocycles. The Morgan fingerprint density at radius 3 is 2.50 bits per heavy atom. The molecule has 24 heavy (non-hydrogen) atoms. The van der Waals surface area contributed by atoms with Gasteiger partial charge in [-0.2, -0.15) is 0 Å². The molecule has 1 rings (SSSR count). The first-order chi connectivity index (χ1) is 11.5. The third-order valence-corrected chi connectivity index (χ3v) is 5.27. The van der Waals surface area contributed by atoms with E-state index < -0.39 is 10.0 Å². The van der Waals surface area contributed by atoms with Gasteiger partial charge in [-0.05, 0) is 25.5 Å². The van der Waals surface area contributed by atoms with Crippen LogP contribution in [0.5, 0.6) is 5.75 Å². The van der Waals surface area contributed by atoms with Crippen molar-refractivity contribution in [3.63, 3.8) is 0 Å². The molecule has 0 unspecified atom stereocenters. The monoisotopic (exact) mass is 356 g/mol. The maximum absolute atomic E-state index is 11.6.